The SMILES string of the molecule is COc1ccc(CC(=O)N2CC[C@H](O)[C@]3(CCCO3)C2)cc1. The van der Waals surface area contributed by atoms with Gasteiger partial charge in [-0.2, -0.15) is 0 Å². The standard InChI is InChI=1S/C17H23NO4/c1-21-14-5-3-13(4-6-14)11-16(20)18-9-7-15(19)17(12-18)8-2-10-22-17/h3-6,15,19H,2,7-12H2,1H3/t15-,17-/m0/s1. The quantitative estimate of drug-likeness (QED) is 0.916. The number of piperidine rings is 1. The van der Waals surface area contributed by atoms with Crippen molar-refractivity contribution in [3.05, 3.63) is 29.8 Å². The zero-order chi connectivity index (χ0) is 15.6. The van der Waals surface area contributed by atoms with Crippen molar-refractivity contribution in [2.24, 2.45) is 0 Å². The summed E-state index contributed by atoms with van der Waals surface area (Å²) in [4.78, 5) is 14.4. The largest absolute Gasteiger partial charge is 0.497 e. The Bertz CT molecular complexity index is 522. The van der Waals surface area contributed by atoms with Gasteiger partial charge < -0.3 is 19.5 Å². The molecule has 0 unspecified atom stereocenters. The molecule has 3 rings (SSSR count). The predicted molar refractivity (Wildman–Crippen MR) is 81.8 cm³/mol. The predicted octanol–water partition coefficient (Wildman–Crippen LogP) is 1.38. The van der Waals surface area contributed by atoms with Crippen LogP contribution in [-0.4, -0.2) is 54.4 Å². The van der Waals surface area contributed by atoms with Crippen molar-refractivity contribution in [2.75, 3.05) is 26.8 Å². The summed E-state index contributed by atoms with van der Waals surface area (Å²) in [6.45, 7) is 1.78. The molecular formula is C17H23NO4. The lowest BCUT2D eigenvalue weighted by molar-refractivity contribution is -0.154. The van der Waals surface area contributed by atoms with E-state index in [2.05, 4.69) is 0 Å². The van der Waals surface area contributed by atoms with Gasteiger partial charge in [0.1, 0.15) is 11.4 Å². The molecular weight excluding hydrogens is 282 g/mol. The second-order valence-corrected chi connectivity index (χ2v) is 6.16. The lowest BCUT2D eigenvalue weighted by atomic mass is 9.87. The van der Waals surface area contributed by atoms with E-state index in [0.29, 0.717) is 32.5 Å². The molecule has 0 saturated carbocycles. The van der Waals surface area contributed by atoms with Crippen LogP contribution in [0.3, 0.4) is 0 Å². The first-order chi connectivity index (χ1) is 10.6. The molecule has 2 heterocycles. The highest BCUT2D eigenvalue weighted by Crippen LogP contribution is 2.35. The van der Waals surface area contributed by atoms with Crippen molar-refractivity contribution in [3.63, 3.8) is 0 Å². The van der Waals surface area contributed by atoms with Crippen LogP contribution >= 0.6 is 0 Å². The molecule has 1 spiro atoms. The summed E-state index contributed by atoms with van der Waals surface area (Å²) in [5, 5.41) is 10.2. The van der Waals surface area contributed by atoms with Gasteiger partial charge in [-0.1, -0.05) is 12.1 Å². The number of hydrogen-bond donors (Lipinski definition) is 1. The van der Waals surface area contributed by atoms with Crippen molar-refractivity contribution < 1.29 is 19.4 Å². The van der Waals surface area contributed by atoms with Crippen molar-refractivity contribution in [2.45, 2.75) is 37.4 Å². The summed E-state index contributed by atoms with van der Waals surface area (Å²) < 4.78 is 10.9. The molecule has 1 N–H and O–H groups in total. The third-order valence-corrected chi connectivity index (χ3v) is 4.74. The number of rotatable bonds is 3. The monoisotopic (exact) mass is 305 g/mol. The van der Waals surface area contributed by atoms with Gasteiger partial charge in [-0.15, -0.1) is 0 Å². The number of benzene rings is 1. The molecule has 0 aromatic heterocycles. The molecule has 2 saturated heterocycles. The Kier molecular flexibility index (Phi) is 4.36. The maximum Gasteiger partial charge on any atom is 0.227 e. The number of carbonyl (C=O) groups is 1. The normalized spacial score (nSPS) is 28.1. The van der Waals surface area contributed by atoms with Crippen molar-refractivity contribution in [1.29, 1.82) is 0 Å². The molecule has 0 bridgehead atoms. The Labute approximate surface area is 130 Å². The van der Waals surface area contributed by atoms with Gasteiger partial charge in [0.25, 0.3) is 0 Å². The number of hydrogen-bond acceptors (Lipinski definition) is 4. The second kappa shape index (κ2) is 6.26. The van der Waals surface area contributed by atoms with E-state index in [1.165, 1.54) is 0 Å². The minimum Gasteiger partial charge on any atom is -0.497 e. The summed E-state index contributed by atoms with van der Waals surface area (Å²) in [7, 11) is 1.63. The smallest absolute Gasteiger partial charge is 0.227 e. The fraction of sp³-hybridized carbons (Fsp3) is 0.588. The summed E-state index contributed by atoms with van der Waals surface area (Å²) in [5.74, 6) is 0.877. The number of likely N-dealkylation sites (tertiary alicyclic amines) is 1. The molecule has 1 aromatic rings. The first-order valence-electron chi connectivity index (χ1n) is 7.86. The highest BCUT2D eigenvalue weighted by molar-refractivity contribution is 5.79. The van der Waals surface area contributed by atoms with Gasteiger partial charge in [-0.3, -0.25) is 4.79 Å². The Balaban J connectivity index is 1.64. The molecule has 0 radical (unpaired) electrons. The molecule has 5 heteroatoms. The number of aliphatic hydroxyl groups is 1. The van der Waals surface area contributed by atoms with E-state index in [-0.39, 0.29) is 5.91 Å². The van der Waals surface area contributed by atoms with Crippen LogP contribution in [0, 0.1) is 0 Å². The maximum atomic E-state index is 12.5. The van der Waals surface area contributed by atoms with E-state index in [1.54, 1.807) is 7.11 Å². The van der Waals surface area contributed by atoms with Crippen LogP contribution in [0.1, 0.15) is 24.8 Å². The highest BCUT2D eigenvalue weighted by atomic mass is 16.5. The molecule has 2 atom stereocenters. The Morgan fingerprint density at radius 2 is 2.23 bits per heavy atom. The van der Waals surface area contributed by atoms with E-state index < -0.39 is 11.7 Å². The number of aliphatic hydroxyl groups excluding tert-OH is 1. The van der Waals surface area contributed by atoms with Crippen molar-refractivity contribution in [3.8, 4) is 5.75 Å². The van der Waals surface area contributed by atoms with E-state index in [0.717, 1.165) is 24.2 Å². The van der Waals surface area contributed by atoms with Gasteiger partial charge in [-0.25, -0.2) is 0 Å². The Morgan fingerprint density at radius 1 is 1.45 bits per heavy atom. The lowest BCUT2D eigenvalue weighted by Crippen LogP contribution is -2.58. The van der Waals surface area contributed by atoms with Crippen LogP contribution in [0.5, 0.6) is 5.75 Å². The van der Waals surface area contributed by atoms with Crippen molar-refractivity contribution in [1.82, 2.24) is 4.90 Å². The van der Waals surface area contributed by atoms with Gasteiger partial charge in [-0.05, 0) is 37.0 Å². The zero-order valence-corrected chi connectivity index (χ0v) is 13.0. The van der Waals surface area contributed by atoms with Crippen LogP contribution in [-0.2, 0) is 16.0 Å². The first kappa shape index (κ1) is 15.3. The Hall–Kier alpha value is -1.59. The minimum atomic E-state index is -0.534. The molecule has 5 nitrogen and oxygen atoms in total. The fourth-order valence-corrected chi connectivity index (χ4v) is 3.40. The summed E-state index contributed by atoms with van der Waals surface area (Å²) in [6.07, 6.45) is 2.29. The number of ether oxygens (including phenoxy) is 2. The zero-order valence-electron chi connectivity index (χ0n) is 13.0. The molecule has 2 aliphatic rings. The van der Waals surface area contributed by atoms with E-state index in [1.807, 2.05) is 29.2 Å². The van der Waals surface area contributed by atoms with Crippen LogP contribution < -0.4 is 4.74 Å². The second-order valence-electron chi connectivity index (χ2n) is 6.16. The minimum absolute atomic E-state index is 0.0898. The number of methoxy groups -OCH3 is 1. The summed E-state index contributed by atoms with van der Waals surface area (Å²) in [5.41, 5.74) is 0.437. The molecule has 1 aromatic carbocycles. The Morgan fingerprint density at radius 3 is 2.86 bits per heavy atom. The lowest BCUT2D eigenvalue weighted by Gasteiger charge is -2.43. The molecule has 0 aliphatic carbocycles. The van der Waals surface area contributed by atoms with Gasteiger partial charge in [0, 0.05) is 13.2 Å². The average molecular weight is 305 g/mol. The van der Waals surface area contributed by atoms with E-state index in [4.69, 9.17) is 9.47 Å². The molecule has 2 aliphatic heterocycles. The maximum absolute atomic E-state index is 12.5. The van der Waals surface area contributed by atoms with Crippen LogP contribution in [0.15, 0.2) is 24.3 Å². The summed E-state index contributed by atoms with van der Waals surface area (Å²) in [6, 6.07) is 7.56. The van der Waals surface area contributed by atoms with Gasteiger partial charge in [0.2, 0.25) is 5.91 Å². The van der Waals surface area contributed by atoms with Gasteiger partial charge in [0.15, 0.2) is 0 Å². The number of carbonyl (C=O) groups excluding carboxylic acids is 1. The van der Waals surface area contributed by atoms with Crippen LogP contribution in [0.4, 0.5) is 0 Å². The first-order valence-corrected chi connectivity index (χ1v) is 7.86. The third-order valence-electron chi connectivity index (χ3n) is 4.74. The topological polar surface area (TPSA) is 59.0 Å². The van der Waals surface area contributed by atoms with E-state index >= 15 is 0 Å². The fourth-order valence-electron chi connectivity index (χ4n) is 3.40. The van der Waals surface area contributed by atoms with Crippen LogP contribution in [0.2, 0.25) is 0 Å². The highest BCUT2D eigenvalue weighted by Gasteiger charge is 2.47. The molecule has 22 heavy (non-hydrogen) atoms. The van der Waals surface area contributed by atoms with Crippen molar-refractivity contribution >= 4 is 5.91 Å². The van der Waals surface area contributed by atoms with Crippen LogP contribution in [0.25, 0.3) is 0 Å². The third kappa shape index (κ3) is 2.96. The summed E-state index contributed by atoms with van der Waals surface area (Å²) >= 11 is 0. The van der Waals surface area contributed by atoms with Gasteiger partial charge >= 0.3 is 0 Å². The average Bonchev–Trinajstić information content (AvgIpc) is 3.00. The number of nitrogens with zero attached hydrogens (tertiary/aromatic N) is 1. The molecule has 1 amide bonds. The molecule has 2 fully saturated rings. The number of amides is 1. The van der Waals surface area contributed by atoms with Gasteiger partial charge in [0.05, 0.1) is 26.2 Å². The molecule has 120 valence electrons. The van der Waals surface area contributed by atoms with E-state index in [9.17, 15) is 9.90 Å².